The van der Waals surface area contributed by atoms with E-state index >= 15 is 0 Å². The molecule has 1 radical (unpaired) electrons. The summed E-state index contributed by atoms with van der Waals surface area (Å²) in [7, 11) is 1.72. The molecule has 6 nitrogen and oxygen atoms in total. The monoisotopic (exact) mass is 529 g/mol. The molecule has 7 heteroatoms. The van der Waals surface area contributed by atoms with Gasteiger partial charge in [-0.25, -0.2) is 0 Å². The minimum Gasteiger partial charge on any atom is -0.813 e. The van der Waals surface area contributed by atoms with Crippen LogP contribution >= 0.6 is 0 Å². The van der Waals surface area contributed by atoms with Crippen LogP contribution in [0.2, 0.25) is 0 Å². The summed E-state index contributed by atoms with van der Waals surface area (Å²) in [5, 5.41) is 14.6. The molecular weight excluding hydrogens is 506 g/mol. The van der Waals surface area contributed by atoms with Crippen molar-refractivity contribution in [2.75, 3.05) is 13.6 Å². The van der Waals surface area contributed by atoms with Crippen LogP contribution in [0, 0.1) is 0 Å². The van der Waals surface area contributed by atoms with Crippen LogP contribution in [0.15, 0.2) is 0 Å². The first-order valence-corrected chi connectivity index (χ1v) is 6.80. The Morgan fingerprint density at radius 1 is 1.50 bits per heavy atom. The summed E-state index contributed by atoms with van der Waals surface area (Å²) in [6.07, 6.45) is 3.11. The second-order valence-electron chi connectivity index (χ2n) is 4.87. The van der Waals surface area contributed by atoms with E-state index in [0.29, 0.717) is 19.4 Å². The summed E-state index contributed by atoms with van der Waals surface area (Å²) in [4.78, 5) is 25.9. The van der Waals surface area contributed by atoms with E-state index in [1.807, 2.05) is 6.92 Å². The van der Waals surface area contributed by atoms with Gasteiger partial charge in [0, 0.05) is 12.6 Å². The molecule has 0 aliphatic carbocycles. The molecule has 3 atom stereocenters. The molecule has 2 amide bonds. The largest absolute Gasteiger partial charge is 0.813 e. The maximum Gasteiger partial charge on any atom is 0.243 e. The van der Waals surface area contributed by atoms with E-state index in [1.54, 1.807) is 18.9 Å². The van der Waals surface area contributed by atoms with Crippen LogP contribution in [-0.2, 0) is 9.59 Å². The van der Waals surface area contributed by atoms with Crippen LogP contribution in [0.5, 0.6) is 0 Å². The minimum atomic E-state index is -0.419. The second kappa shape index (κ2) is 7.89. The molecule has 2 N–H and O–H groups in total. The number of nitrogens with one attached hydrogen (secondary N) is 2. The molecule has 1 aliphatic heterocycles. The van der Waals surface area contributed by atoms with Gasteiger partial charge < -0.3 is 20.9 Å². The van der Waals surface area contributed by atoms with Crippen LogP contribution in [0.3, 0.4) is 0 Å². The van der Waals surface area contributed by atoms with Gasteiger partial charge in [0.15, 0.2) is 0 Å². The van der Waals surface area contributed by atoms with E-state index in [4.69, 9.17) is 5.41 Å². The average molecular weight is 529 g/mol. The van der Waals surface area contributed by atoms with Crippen molar-refractivity contribution in [2.24, 2.45) is 0 Å². The number of likely N-dealkylation sites (N-methyl/N-ethyl adjacent to an activating group) is 1. The van der Waals surface area contributed by atoms with Gasteiger partial charge in [0.05, 0.1) is 6.04 Å². The molecule has 0 spiro atoms. The fraction of sp³-hybridized carbons (Fsp3) is 0.769. The Labute approximate surface area is 114 Å². The molecule has 123 valence electrons. The number of hydrogen-bond acceptors (Lipinski definition) is 3. The van der Waals surface area contributed by atoms with Crippen LogP contribution in [0.25, 0.3) is 5.41 Å². The van der Waals surface area contributed by atoms with Crippen molar-refractivity contribution in [3.63, 3.8) is 0 Å². The third kappa shape index (κ3) is 3.78. The van der Waals surface area contributed by atoms with Crippen molar-refractivity contribution < 1.29 is 9.59 Å². The summed E-state index contributed by atoms with van der Waals surface area (Å²) in [6.45, 7) is 4.27. The first kappa shape index (κ1) is 17.6. The third-order valence-electron chi connectivity index (χ3n) is 3.59. The summed E-state index contributed by atoms with van der Waals surface area (Å²) in [5.74, 6) is -0.243. The van der Waals surface area contributed by atoms with E-state index in [2.05, 4.69) is 10.6 Å². The standard InChI is InChI=1S/C13H23N4O2.Lr/c1-4-10(8-14)16-12(18)11-6-5-7-17(11)13(19)9(2)15-3;/h8-11,15H,4-7H2,1-3H3,(H,16,18);/q-1;/t9-,10-,11-;/m0./s1. The van der Waals surface area contributed by atoms with Crippen molar-refractivity contribution in [1.82, 2.24) is 15.5 Å². The normalized spacial score (nSPS) is 20.8. The zero-order valence-electron chi connectivity index (χ0n) is 12.1. The minimum absolute atomic E-state index is 0. The summed E-state index contributed by atoms with van der Waals surface area (Å²) < 4.78 is 0. The van der Waals surface area contributed by atoms with Crippen LogP contribution in [0.4, 0.5) is 0 Å². The van der Waals surface area contributed by atoms with Crippen LogP contribution in [0.1, 0.15) is 33.1 Å². The smallest absolute Gasteiger partial charge is 0.243 e. The Hall–Kier alpha value is -2.43. The van der Waals surface area contributed by atoms with E-state index < -0.39 is 6.04 Å². The Balaban J connectivity index is 0.00000361. The third-order valence-corrected chi connectivity index (χ3v) is 3.59. The molecule has 0 aromatic carbocycles. The summed E-state index contributed by atoms with van der Waals surface area (Å²) in [6, 6.07) is -1.07. The van der Waals surface area contributed by atoms with Crippen molar-refractivity contribution in [3.05, 3.63) is 5.41 Å². The first-order valence-electron chi connectivity index (χ1n) is 6.80. The number of amides is 2. The first-order chi connectivity index (χ1) is 9.04. The molecule has 1 saturated heterocycles. The van der Waals surface area contributed by atoms with Crippen LogP contribution in [-0.4, -0.2) is 54.6 Å². The molecule has 0 saturated carbocycles. The van der Waals surface area contributed by atoms with Gasteiger partial charge in [-0.2, -0.15) is 6.21 Å². The molecule has 0 bridgehead atoms. The topological polar surface area (TPSA) is 83.7 Å². The van der Waals surface area contributed by atoms with Crippen molar-refractivity contribution in [2.45, 2.75) is 51.2 Å². The molecule has 1 heterocycles. The Kier molecular flexibility index (Phi) is 6.93. The number of rotatable bonds is 6. The van der Waals surface area contributed by atoms with E-state index in [1.165, 1.54) is 0 Å². The van der Waals surface area contributed by atoms with Crippen molar-refractivity contribution in [3.8, 4) is 0 Å². The molecular formula is C13H23LrN4O2-. The van der Waals surface area contributed by atoms with Crippen LogP contribution < -0.4 is 10.6 Å². The quantitative estimate of drug-likeness (QED) is 0.480. The maximum absolute atomic E-state index is 12.1. The van der Waals surface area contributed by atoms with Gasteiger partial charge in [0.25, 0.3) is 0 Å². The number of carbonyl (C=O) groups is 2. The Morgan fingerprint density at radius 2 is 2.15 bits per heavy atom. The van der Waals surface area contributed by atoms with Gasteiger partial charge >= 0.3 is 0 Å². The van der Waals surface area contributed by atoms with E-state index in [0.717, 1.165) is 12.6 Å². The predicted octanol–water partition coefficient (Wildman–Crippen LogP) is 0.120. The molecule has 1 aliphatic rings. The molecule has 1 fully saturated rings. The van der Waals surface area contributed by atoms with Gasteiger partial charge in [0.1, 0.15) is 6.04 Å². The fourth-order valence-corrected chi connectivity index (χ4v) is 2.20. The summed E-state index contributed by atoms with van der Waals surface area (Å²) in [5.41, 5.74) is 0. The Bertz CT molecular complexity index is 351. The molecule has 0 unspecified atom stereocenters. The number of carbonyl (C=O) groups excluding carboxylic acids is 2. The predicted molar refractivity (Wildman–Crippen MR) is 74.9 cm³/mol. The fourth-order valence-electron chi connectivity index (χ4n) is 2.20. The molecule has 0 aromatic heterocycles. The van der Waals surface area contributed by atoms with Gasteiger partial charge in [-0.1, -0.05) is 6.92 Å². The van der Waals surface area contributed by atoms with Gasteiger partial charge in [-0.3, -0.25) is 9.59 Å². The molecule has 20 heavy (non-hydrogen) atoms. The number of nitrogens with zero attached hydrogens (tertiary/aromatic N) is 2. The summed E-state index contributed by atoms with van der Waals surface area (Å²) >= 11 is 0. The SMILES string of the molecule is CC[C@@H](C=[N-])NC(=O)[C@@H]1CCCN1C(=O)[C@H](C)NC.[Lr]. The number of likely N-dealkylation sites (tertiary alicyclic amines) is 1. The van der Waals surface area contributed by atoms with Crippen molar-refractivity contribution in [1.29, 1.82) is 0 Å². The Morgan fingerprint density at radius 3 is 2.65 bits per heavy atom. The number of hydrogen-bond donors (Lipinski definition) is 2. The van der Waals surface area contributed by atoms with Gasteiger partial charge in [0.2, 0.25) is 11.8 Å². The molecule has 0 aromatic rings. The zero-order valence-corrected chi connectivity index (χ0v) is 14.3. The second-order valence-corrected chi connectivity index (χ2v) is 4.87. The van der Waals surface area contributed by atoms with E-state index in [9.17, 15) is 9.59 Å². The maximum atomic E-state index is 12.1. The zero-order chi connectivity index (χ0) is 14.4. The molecule has 1 rings (SSSR count). The average Bonchev–Trinajstić information content (AvgIpc) is 2.92. The van der Waals surface area contributed by atoms with Gasteiger partial charge in [-0.15, -0.1) is 0 Å². The van der Waals surface area contributed by atoms with Gasteiger partial charge in [-0.05, 0) is 33.2 Å². The van der Waals surface area contributed by atoms with E-state index in [-0.39, 0.29) is 23.9 Å². The van der Waals surface area contributed by atoms with Crippen molar-refractivity contribution >= 4 is 18.0 Å².